The number of unbranched alkanes of at least 4 members (excludes halogenated alkanes) is 2. The number of hydrogen-bond acceptors (Lipinski definition) is 4. The number of benzene rings is 3. The molecule has 0 aliphatic rings. The molecular weight excluding hydrogens is 476 g/mol. The predicted octanol–water partition coefficient (Wildman–Crippen LogP) is 7.75. The van der Waals surface area contributed by atoms with Crippen molar-refractivity contribution in [2.45, 2.75) is 44.9 Å². The largest absolute Gasteiger partial charge is 0.494 e. The smallest absolute Gasteiger partial charge is 0.338 e. The van der Waals surface area contributed by atoms with Gasteiger partial charge in [0.15, 0.2) is 0 Å². The Morgan fingerprint density at radius 1 is 1.06 bits per heavy atom. The fourth-order valence-corrected chi connectivity index (χ4v) is 4.05. The Hall–Kier alpha value is -3.31. The molecule has 0 saturated heterocycles. The van der Waals surface area contributed by atoms with Crippen LogP contribution in [0.4, 0.5) is 0 Å². The van der Waals surface area contributed by atoms with Crippen molar-refractivity contribution >= 4 is 34.3 Å². The lowest BCUT2D eigenvalue weighted by Crippen LogP contribution is -2.20. The van der Waals surface area contributed by atoms with Crippen LogP contribution in [-0.4, -0.2) is 35.6 Å². The highest BCUT2D eigenvalue weighted by Crippen LogP contribution is 2.31. The van der Waals surface area contributed by atoms with Gasteiger partial charge in [0.25, 0.3) is 0 Å². The lowest BCUT2D eigenvalue weighted by atomic mass is 9.95. The molecule has 36 heavy (non-hydrogen) atoms. The first-order valence-corrected chi connectivity index (χ1v) is 12.7. The minimum absolute atomic E-state index is 0.143. The minimum Gasteiger partial charge on any atom is -0.494 e. The number of fused-ring (bicyclic) bond motifs is 1. The fourth-order valence-electron chi connectivity index (χ4n) is 3.81. The zero-order valence-electron chi connectivity index (χ0n) is 20.8. The van der Waals surface area contributed by atoms with Gasteiger partial charge in [0.05, 0.1) is 23.1 Å². The van der Waals surface area contributed by atoms with Crippen LogP contribution in [0.25, 0.3) is 21.9 Å². The summed E-state index contributed by atoms with van der Waals surface area (Å²) in [5.41, 5.74) is 1.83. The molecule has 2 atom stereocenters. The van der Waals surface area contributed by atoms with Crippen LogP contribution < -0.4 is 4.74 Å². The van der Waals surface area contributed by atoms with Gasteiger partial charge in [-0.05, 0) is 83.5 Å². The van der Waals surface area contributed by atoms with Gasteiger partial charge < -0.3 is 14.6 Å². The topological polar surface area (TPSA) is 72.8 Å². The summed E-state index contributed by atoms with van der Waals surface area (Å²) in [6.07, 6.45) is 5.73. The third kappa shape index (κ3) is 7.11. The van der Waals surface area contributed by atoms with Gasteiger partial charge in [0.1, 0.15) is 12.4 Å². The number of carboxylic acid groups (broad SMARTS) is 1. The molecule has 3 rings (SSSR count). The molecule has 0 unspecified atom stereocenters. The maximum atomic E-state index is 12.4. The zero-order valence-corrected chi connectivity index (χ0v) is 21.6. The van der Waals surface area contributed by atoms with Gasteiger partial charge in [-0.2, -0.15) is 0 Å². The van der Waals surface area contributed by atoms with Gasteiger partial charge in [0.2, 0.25) is 0 Å². The standard InChI is InChI=1S/C30H33ClO5/c1-4-6-7-8-15-35-25-14-13-23-17-27(29(32)33)26(18-24(23)16-25)21-9-11-22(12-10-21)30(34)36-19-28(31)20(3)5-2/h4,9-14,16-18,20,28H,1,5-8,15,19H2,2-3H3,(H,32,33)/t20-,28+/m0/s1. The van der Waals surface area contributed by atoms with Crippen LogP contribution in [0, 0.1) is 5.92 Å². The fraction of sp³-hybridized carbons (Fsp3) is 0.333. The molecule has 0 bridgehead atoms. The van der Waals surface area contributed by atoms with E-state index in [1.807, 2.05) is 44.2 Å². The van der Waals surface area contributed by atoms with Crippen LogP contribution in [0.2, 0.25) is 0 Å². The monoisotopic (exact) mass is 508 g/mol. The third-order valence-corrected chi connectivity index (χ3v) is 6.87. The molecule has 0 aliphatic carbocycles. The number of allylic oxidation sites excluding steroid dienone is 1. The van der Waals surface area contributed by atoms with Crippen molar-refractivity contribution in [3.05, 3.63) is 78.4 Å². The molecule has 0 aliphatic heterocycles. The summed E-state index contributed by atoms with van der Waals surface area (Å²) in [4.78, 5) is 24.5. The normalized spacial score (nSPS) is 12.6. The number of carboxylic acids is 1. The van der Waals surface area contributed by atoms with Crippen LogP contribution in [0.5, 0.6) is 5.75 Å². The molecule has 0 fully saturated rings. The van der Waals surface area contributed by atoms with E-state index in [0.29, 0.717) is 23.3 Å². The lowest BCUT2D eigenvalue weighted by molar-refractivity contribution is 0.0489. The van der Waals surface area contributed by atoms with Gasteiger partial charge in [-0.15, -0.1) is 18.2 Å². The lowest BCUT2D eigenvalue weighted by Gasteiger charge is -2.16. The van der Waals surface area contributed by atoms with Crippen molar-refractivity contribution in [1.82, 2.24) is 0 Å². The van der Waals surface area contributed by atoms with Gasteiger partial charge in [0, 0.05) is 0 Å². The Bertz CT molecular complexity index is 1200. The van der Waals surface area contributed by atoms with E-state index < -0.39 is 11.9 Å². The van der Waals surface area contributed by atoms with E-state index >= 15 is 0 Å². The summed E-state index contributed by atoms with van der Waals surface area (Å²) in [7, 11) is 0. The molecule has 0 saturated carbocycles. The summed E-state index contributed by atoms with van der Waals surface area (Å²) >= 11 is 6.28. The number of halogens is 1. The number of carbonyl (C=O) groups is 2. The molecule has 0 radical (unpaired) electrons. The molecule has 0 spiro atoms. The molecule has 3 aromatic rings. The summed E-state index contributed by atoms with van der Waals surface area (Å²) < 4.78 is 11.2. The van der Waals surface area contributed by atoms with Crippen molar-refractivity contribution in [3.8, 4) is 16.9 Å². The second-order valence-electron chi connectivity index (χ2n) is 8.92. The third-order valence-electron chi connectivity index (χ3n) is 6.32. The van der Waals surface area contributed by atoms with Crippen molar-refractivity contribution < 1.29 is 24.2 Å². The second kappa shape index (κ2) is 13.1. The van der Waals surface area contributed by atoms with E-state index in [0.717, 1.165) is 42.2 Å². The maximum Gasteiger partial charge on any atom is 0.338 e. The molecular formula is C30H33ClO5. The van der Waals surface area contributed by atoms with E-state index in [1.165, 1.54) is 0 Å². The number of aromatic carboxylic acids is 1. The van der Waals surface area contributed by atoms with Crippen molar-refractivity contribution in [2.24, 2.45) is 5.92 Å². The zero-order chi connectivity index (χ0) is 26.1. The SMILES string of the molecule is C=CCCCCOc1ccc2cc(C(=O)O)c(-c3ccc(C(=O)OC[C@@H](Cl)[C@@H](C)CC)cc3)cc2c1. The van der Waals surface area contributed by atoms with Crippen molar-refractivity contribution in [3.63, 3.8) is 0 Å². The number of carbonyl (C=O) groups excluding carboxylic acids is 1. The van der Waals surface area contributed by atoms with Gasteiger partial charge in [-0.1, -0.05) is 44.5 Å². The quantitative estimate of drug-likeness (QED) is 0.110. The predicted molar refractivity (Wildman–Crippen MR) is 145 cm³/mol. The highest BCUT2D eigenvalue weighted by atomic mass is 35.5. The Morgan fingerprint density at radius 3 is 2.47 bits per heavy atom. The van der Waals surface area contributed by atoms with Gasteiger partial charge in [-0.3, -0.25) is 0 Å². The second-order valence-corrected chi connectivity index (χ2v) is 9.48. The average molecular weight is 509 g/mol. The number of alkyl halides is 1. The Kier molecular flexibility index (Phi) is 9.95. The molecule has 0 heterocycles. The molecule has 0 aromatic heterocycles. The van der Waals surface area contributed by atoms with Crippen molar-refractivity contribution in [2.75, 3.05) is 13.2 Å². The van der Waals surface area contributed by atoms with Gasteiger partial charge >= 0.3 is 11.9 Å². The summed E-state index contributed by atoms with van der Waals surface area (Å²) in [6.45, 7) is 8.54. The number of hydrogen-bond donors (Lipinski definition) is 1. The molecule has 1 N–H and O–H groups in total. The van der Waals surface area contributed by atoms with E-state index in [4.69, 9.17) is 21.1 Å². The molecule has 5 nitrogen and oxygen atoms in total. The number of esters is 1. The Labute approximate surface area is 217 Å². The summed E-state index contributed by atoms with van der Waals surface area (Å²) in [5, 5.41) is 11.3. The summed E-state index contributed by atoms with van der Waals surface area (Å²) in [6, 6.07) is 15.9. The minimum atomic E-state index is -1.02. The number of ether oxygens (including phenoxy) is 2. The Balaban J connectivity index is 1.80. The van der Waals surface area contributed by atoms with E-state index in [-0.39, 0.29) is 23.5 Å². The highest BCUT2D eigenvalue weighted by molar-refractivity contribution is 6.21. The van der Waals surface area contributed by atoms with Crippen LogP contribution in [0.3, 0.4) is 0 Å². The van der Waals surface area contributed by atoms with E-state index in [2.05, 4.69) is 6.58 Å². The van der Waals surface area contributed by atoms with Gasteiger partial charge in [-0.25, -0.2) is 9.59 Å². The molecule has 0 amide bonds. The van der Waals surface area contributed by atoms with Crippen LogP contribution in [0.15, 0.2) is 67.3 Å². The average Bonchev–Trinajstić information content (AvgIpc) is 2.90. The molecule has 190 valence electrons. The Morgan fingerprint density at radius 2 is 1.81 bits per heavy atom. The number of rotatable bonds is 13. The highest BCUT2D eigenvalue weighted by Gasteiger charge is 2.17. The first kappa shape index (κ1) is 27.3. The molecule has 6 heteroatoms. The van der Waals surface area contributed by atoms with Crippen LogP contribution >= 0.6 is 11.6 Å². The molecule has 3 aromatic carbocycles. The first-order valence-electron chi connectivity index (χ1n) is 12.3. The van der Waals surface area contributed by atoms with E-state index in [9.17, 15) is 14.7 Å². The van der Waals surface area contributed by atoms with Crippen molar-refractivity contribution in [1.29, 1.82) is 0 Å². The van der Waals surface area contributed by atoms with Crippen LogP contribution in [-0.2, 0) is 4.74 Å². The first-order chi connectivity index (χ1) is 17.3. The van der Waals surface area contributed by atoms with E-state index in [1.54, 1.807) is 30.3 Å². The van der Waals surface area contributed by atoms with Crippen LogP contribution in [0.1, 0.15) is 60.2 Å². The summed E-state index contributed by atoms with van der Waals surface area (Å²) in [5.74, 6) is -0.492. The maximum absolute atomic E-state index is 12.4.